The molecule has 2 N–H and O–H groups in total. The lowest BCUT2D eigenvalue weighted by Gasteiger charge is -2.34. The molecular formula is C29H35FN6O2S. The van der Waals surface area contributed by atoms with Gasteiger partial charge in [0.05, 0.1) is 5.39 Å². The van der Waals surface area contributed by atoms with Crippen molar-refractivity contribution in [2.75, 3.05) is 38.2 Å². The number of fused-ring (bicyclic) bond motifs is 4. The average molecular weight is 551 g/mol. The molecule has 0 amide bonds. The first-order valence-electron chi connectivity index (χ1n) is 13.9. The molecule has 3 aliphatic rings. The first kappa shape index (κ1) is 26.2. The number of benzene rings is 1. The third-order valence-electron chi connectivity index (χ3n) is 8.05. The molecule has 3 fully saturated rings. The SMILES string of the molecule is CC.CN1CCC[C@H]1COc1nc(N2CC3CCC(C2)N3)c2cnc(-c3csc4ccc(O)cc34)c(F)c2n1. The molecule has 1 aromatic carbocycles. The van der Waals surface area contributed by atoms with E-state index in [1.807, 2.05) is 25.3 Å². The zero-order valence-corrected chi connectivity index (χ0v) is 23.5. The van der Waals surface area contributed by atoms with E-state index in [2.05, 4.69) is 32.1 Å². The van der Waals surface area contributed by atoms with Crippen LogP contribution in [0.5, 0.6) is 11.8 Å². The maximum absolute atomic E-state index is 16.3. The molecule has 0 spiro atoms. The molecule has 4 aromatic rings. The lowest BCUT2D eigenvalue weighted by molar-refractivity contribution is 0.188. The second-order valence-corrected chi connectivity index (χ2v) is 11.4. The van der Waals surface area contributed by atoms with Crippen LogP contribution >= 0.6 is 11.3 Å². The van der Waals surface area contributed by atoms with Gasteiger partial charge < -0.3 is 25.0 Å². The molecule has 206 valence electrons. The lowest BCUT2D eigenvalue weighted by Crippen LogP contribution is -2.51. The number of piperazine rings is 1. The van der Waals surface area contributed by atoms with Gasteiger partial charge in [-0.05, 0) is 57.5 Å². The van der Waals surface area contributed by atoms with E-state index in [9.17, 15) is 5.11 Å². The zero-order valence-electron chi connectivity index (χ0n) is 22.7. The minimum absolute atomic E-state index is 0.138. The normalized spacial score (nSPS) is 22.9. The van der Waals surface area contributed by atoms with Gasteiger partial charge in [0.2, 0.25) is 0 Å². The second-order valence-electron chi connectivity index (χ2n) is 10.5. The van der Waals surface area contributed by atoms with Crippen LogP contribution in [0, 0.1) is 5.82 Å². The highest BCUT2D eigenvalue weighted by molar-refractivity contribution is 7.17. The van der Waals surface area contributed by atoms with Crippen molar-refractivity contribution in [2.24, 2.45) is 0 Å². The Bertz CT molecular complexity index is 1480. The maximum Gasteiger partial charge on any atom is 0.319 e. The Morgan fingerprint density at radius 1 is 1.13 bits per heavy atom. The number of aromatic nitrogens is 3. The van der Waals surface area contributed by atoms with Gasteiger partial charge in [-0.2, -0.15) is 9.97 Å². The summed E-state index contributed by atoms with van der Waals surface area (Å²) in [5, 5.41) is 16.9. The van der Waals surface area contributed by atoms with Crippen molar-refractivity contribution in [3.63, 3.8) is 0 Å². The van der Waals surface area contributed by atoms with Crippen molar-refractivity contribution in [1.29, 1.82) is 0 Å². The van der Waals surface area contributed by atoms with Crippen LogP contribution in [0.1, 0.15) is 39.5 Å². The molecule has 7 rings (SSSR count). The van der Waals surface area contributed by atoms with Crippen LogP contribution < -0.4 is 15.0 Å². The fourth-order valence-corrected chi connectivity index (χ4v) is 6.97. The number of halogens is 1. The van der Waals surface area contributed by atoms with E-state index in [0.29, 0.717) is 41.5 Å². The number of aromatic hydroxyl groups is 1. The van der Waals surface area contributed by atoms with Gasteiger partial charge in [0.25, 0.3) is 0 Å². The van der Waals surface area contributed by atoms with Gasteiger partial charge in [-0.3, -0.25) is 4.98 Å². The van der Waals surface area contributed by atoms with E-state index < -0.39 is 5.82 Å². The van der Waals surface area contributed by atoms with E-state index in [0.717, 1.165) is 55.4 Å². The number of nitrogens with zero attached hydrogens (tertiary/aromatic N) is 5. The molecule has 3 aliphatic heterocycles. The molecule has 39 heavy (non-hydrogen) atoms. The standard InChI is InChI=1S/C27H29FN6O2S.C2H6/c1-33-8-2-3-17(33)13-36-27-31-25-20(26(32-27)34-11-15-4-5-16(12-34)30-15)10-29-24(23(25)28)21-14-37-22-7-6-18(35)9-19(21)22;1-2/h6-7,9-10,14-17,30,35H,2-5,8,11-13H2,1H3;1-2H3/t15?,16?,17-;/m0./s1. The molecule has 3 atom stereocenters. The van der Waals surface area contributed by atoms with Crippen LogP contribution in [0.4, 0.5) is 10.2 Å². The van der Waals surface area contributed by atoms with E-state index in [4.69, 9.17) is 9.72 Å². The number of anilines is 1. The van der Waals surface area contributed by atoms with Gasteiger partial charge in [-0.15, -0.1) is 11.3 Å². The Kier molecular flexibility index (Phi) is 7.26. The quantitative estimate of drug-likeness (QED) is 0.351. The first-order valence-corrected chi connectivity index (χ1v) is 14.8. The number of hydrogen-bond donors (Lipinski definition) is 2. The Balaban J connectivity index is 0.00000135. The van der Waals surface area contributed by atoms with Gasteiger partial charge in [0.15, 0.2) is 5.82 Å². The van der Waals surface area contributed by atoms with Crippen LogP contribution in [-0.4, -0.2) is 76.4 Å². The van der Waals surface area contributed by atoms with E-state index in [1.54, 1.807) is 18.3 Å². The first-order chi connectivity index (χ1) is 19.0. The predicted molar refractivity (Wildman–Crippen MR) is 154 cm³/mol. The molecule has 2 bridgehead atoms. The number of pyridine rings is 1. The third kappa shape index (κ3) is 4.90. The Morgan fingerprint density at radius 2 is 1.92 bits per heavy atom. The summed E-state index contributed by atoms with van der Waals surface area (Å²) < 4.78 is 23.3. The zero-order chi connectivity index (χ0) is 27.1. The molecule has 10 heteroatoms. The third-order valence-corrected chi connectivity index (χ3v) is 9.01. The predicted octanol–water partition coefficient (Wildman–Crippen LogP) is 5.19. The number of likely N-dealkylation sites (N-methyl/N-ethyl adjacent to an activating group) is 1. The molecule has 0 saturated carbocycles. The van der Waals surface area contributed by atoms with Crippen molar-refractivity contribution in [3.8, 4) is 23.0 Å². The highest BCUT2D eigenvalue weighted by atomic mass is 32.1. The summed E-state index contributed by atoms with van der Waals surface area (Å²) in [5.74, 6) is 0.327. The second kappa shape index (κ2) is 10.8. The highest BCUT2D eigenvalue weighted by Crippen LogP contribution is 2.39. The minimum atomic E-state index is -0.495. The fourth-order valence-electron chi connectivity index (χ4n) is 6.05. The molecule has 0 aliphatic carbocycles. The number of likely N-dealkylation sites (tertiary alicyclic amines) is 1. The highest BCUT2D eigenvalue weighted by Gasteiger charge is 2.34. The van der Waals surface area contributed by atoms with Crippen molar-refractivity contribution in [2.45, 2.75) is 57.7 Å². The Labute approximate surface area is 231 Å². The van der Waals surface area contributed by atoms with E-state index in [-0.39, 0.29) is 23.0 Å². The number of phenols is 1. The Morgan fingerprint density at radius 3 is 2.67 bits per heavy atom. The topological polar surface area (TPSA) is 86.6 Å². The van der Waals surface area contributed by atoms with Crippen LogP contribution in [-0.2, 0) is 0 Å². The van der Waals surface area contributed by atoms with Gasteiger partial charge in [0, 0.05) is 58.4 Å². The smallest absolute Gasteiger partial charge is 0.319 e. The molecule has 3 saturated heterocycles. The maximum atomic E-state index is 16.3. The summed E-state index contributed by atoms with van der Waals surface area (Å²) >= 11 is 1.50. The van der Waals surface area contributed by atoms with Crippen molar-refractivity contribution < 1.29 is 14.2 Å². The summed E-state index contributed by atoms with van der Waals surface area (Å²) in [4.78, 5) is 18.5. The number of phenolic OH excluding ortho intramolecular Hbond substituents is 1. The minimum Gasteiger partial charge on any atom is -0.508 e. The fraction of sp³-hybridized carbons (Fsp3) is 0.483. The molecule has 8 nitrogen and oxygen atoms in total. The molecular weight excluding hydrogens is 515 g/mol. The summed E-state index contributed by atoms with van der Waals surface area (Å²) in [5.41, 5.74) is 1.08. The largest absolute Gasteiger partial charge is 0.508 e. The summed E-state index contributed by atoms with van der Waals surface area (Å²) in [6, 6.07) is 6.45. The Hall–Kier alpha value is -3.08. The molecule has 3 aromatic heterocycles. The van der Waals surface area contributed by atoms with E-state index >= 15 is 4.39 Å². The molecule has 2 unspecified atom stereocenters. The molecule has 6 heterocycles. The number of rotatable bonds is 5. The van der Waals surface area contributed by atoms with Crippen molar-refractivity contribution >= 4 is 38.1 Å². The summed E-state index contributed by atoms with van der Waals surface area (Å²) in [6.45, 7) is 7.15. The summed E-state index contributed by atoms with van der Waals surface area (Å²) in [7, 11) is 2.10. The van der Waals surface area contributed by atoms with Crippen molar-refractivity contribution in [1.82, 2.24) is 25.2 Å². The van der Waals surface area contributed by atoms with Crippen LogP contribution in [0.3, 0.4) is 0 Å². The van der Waals surface area contributed by atoms with Gasteiger partial charge >= 0.3 is 6.01 Å². The van der Waals surface area contributed by atoms with Crippen LogP contribution in [0.2, 0.25) is 0 Å². The van der Waals surface area contributed by atoms with Crippen molar-refractivity contribution in [3.05, 3.63) is 35.6 Å². The number of ether oxygens (including phenoxy) is 1. The van der Waals surface area contributed by atoms with Crippen LogP contribution in [0.15, 0.2) is 29.8 Å². The number of nitrogens with one attached hydrogen (secondary N) is 1. The average Bonchev–Trinajstić information content (AvgIpc) is 3.66. The summed E-state index contributed by atoms with van der Waals surface area (Å²) in [6.07, 6.45) is 6.17. The van der Waals surface area contributed by atoms with Crippen LogP contribution in [0.25, 0.3) is 32.2 Å². The lowest BCUT2D eigenvalue weighted by atomic mass is 10.1. The number of thiophene rings is 1. The number of hydrogen-bond acceptors (Lipinski definition) is 9. The van der Waals surface area contributed by atoms with E-state index in [1.165, 1.54) is 11.3 Å². The van der Waals surface area contributed by atoms with Gasteiger partial charge in [0.1, 0.15) is 29.4 Å². The monoisotopic (exact) mass is 550 g/mol. The van der Waals surface area contributed by atoms with Gasteiger partial charge in [-0.25, -0.2) is 4.39 Å². The van der Waals surface area contributed by atoms with Gasteiger partial charge in [-0.1, -0.05) is 13.8 Å². The molecule has 0 radical (unpaired) electrons.